The summed E-state index contributed by atoms with van der Waals surface area (Å²) in [6.07, 6.45) is 1.50. The fourth-order valence-corrected chi connectivity index (χ4v) is 1.48. The van der Waals surface area contributed by atoms with Crippen molar-refractivity contribution >= 4 is 5.91 Å². The van der Waals surface area contributed by atoms with Gasteiger partial charge in [0.2, 0.25) is 0 Å². The molecule has 19 heavy (non-hydrogen) atoms. The molecule has 0 atom stereocenters. The molecule has 108 valence electrons. The Bertz CT molecular complexity index is 327. The van der Waals surface area contributed by atoms with Crippen LogP contribution in [-0.2, 0) is 4.79 Å². The molecule has 0 heterocycles. The van der Waals surface area contributed by atoms with Crippen LogP contribution in [0.15, 0.2) is 11.8 Å². The summed E-state index contributed by atoms with van der Waals surface area (Å²) in [7, 11) is 0. The largest absolute Gasteiger partial charge is 0.388 e. The van der Waals surface area contributed by atoms with Crippen LogP contribution in [0, 0.1) is 17.2 Å². The zero-order valence-corrected chi connectivity index (χ0v) is 12.5. The lowest BCUT2D eigenvalue weighted by Crippen LogP contribution is -2.31. The van der Waals surface area contributed by atoms with Gasteiger partial charge in [-0.15, -0.1) is 0 Å². The predicted octanol–water partition coefficient (Wildman–Crippen LogP) is 1.10. The van der Waals surface area contributed by atoms with Gasteiger partial charge in [0.1, 0.15) is 11.6 Å². The molecule has 0 radical (unpaired) electrons. The SMILES string of the molecule is CCN(CC)CCN/C=C(/C#N)C(=O)NCC(C)C. The van der Waals surface area contributed by atoms with E-state index in [2.05, 4.69) is 29.4 Å². The molecule has 0 aliphatic carbocycles. The molecule has 0 fully saturated rings. The van der Waals surface area contributed by atoms with Gasteiger partial charge in [-0.3, -0.25) is 4.79 Å². The molecule has 0 saturated carbocycles. The van der Waals surface area contributed by atoms with E-state index in [1.54, 1.807) is 0 Å². The third-order valence-electron chi connectivity index (χ3n) is 2.75. The highest BCUT2D eigenvalue weighted by Gasteiger charge is 2.08. The number of carbonyl (C=O) groups is 1. The summed E-state index contributed by atoms with van der Waals surface area (Å²) in [5.41, 5.74) is 0.125. The van der Waals surface area contributed by atoms with Crippen LogP contribution in [0.2, 0.25) is 0 Å². The Morgan fingerprint density at radius 3 is 2.47 bits per heavy atom. The van der Waals surface area contributed by atoms with E-state index in [-0.39, 0.29) is 11.5 Å². The fraction of sp³-hybridized carbons (Fsp3) is 0.714. The number of likely N-dealkylation sites (N-methyl/N-ethyl adjacent to an activating group) is 1. The molecule has 0 aliphatic rings. The van der Waals surface area contributed by atoms with Gasteiger partial charge >= 0.3 is 0 Å². The van der Waals surface area contributed by atoms with E-state index in [4.69, 9.17) is 5.26 Å². The molecule has 0 aromatic carbocycles. The predicted molar refractivity (Wildman–Crippen MR) is 77.3 cm³/mol. The fourth-order valence-electron chi connectivity index (χ4n) is 1.48. The van der Waals surface area contributed by atoms with Gasteiger partial charge in [0.05, 0.1) is 0 Å². The lowest BCUT2D eigenvalue weighted by atomic mass is 10.2. The second kappa shape index (κ2) is 10.4. The van der Waals surface area contributed by atoms with E-state index in [9.17, 15) is 4.79 Å². The lowest BCUT2D eigenvalue weighted by Gasteiger charge is -2.17. The first kappa shape index (κ1) is 17.5. The molecule has 0 aromatic rings. The van der Waals surface area contributed by atoms with Crippen LogP contribution in [0.1, 0.15) is 27.7 Å². The van der Waals surface area contributed by atoms with Crippen LogP contribution in [0.4, 0.5) is 0 Å². The van der Waals surface area contributed by atoms with Crippen molar-refractivity contribution in [2.45, 2.75) is 27.7 Å². The number of hydrogen-bond acceptors (Lipinski definition) is 4. The van der Waals surface area contributed by atoms with Crippen molar-refractivity contribution in [1.29, 1.82) is 5.26 Å². The maximum atomic E-state index is 11.7. The zero-order chi connectivity index (χ0) is 14.7. The average molecular weight is 266 g/mol. The average Bonchev–Trinajstić information content (AvgIpc) is 2.40. The van der Waals surface area contributed by atoms with Gasteiger partial charge in [-0.05, 0) is 19.0 Å². The molecule has 0 spiro atoms. The van der Waals surface area contributed by atoms with Crippen molar-refractivity contribution in [2.24, 2.45) is 5.92 Å². The number of rotatable bonds is 9. The number of nitrogens with zero attached hydrogens (tertiary/aromatic N) is 2. The molecule has 0 unspecified atom stereocenters. The van der Waals surface area contributed by atoms with Crippen molar-refractivity contribution < 1.29 is 4.79 Å². The molecular weight excluding hydrogens is 240 g/mol. The highest BCUT2D eigenvalue weighted by Crippen LogP contribution is 1.93. The van der Waals surface area contributed by atoms with Crippen LogP contribution in [0.25, 0.3) is 0 Å². The number of amides is 1. The van der Waals surface area contributed by atoms with Gasteiger partial charge in [0.15, 0.2) is 0 Å². The van der Waals surface area contributed by atoms with Gasteiger partial charge in [-0.1, -0.05) is 27.7 Å². The van der Waals surface area contributed by atoms with Crippen molar-refractivity contribution in [3.63, 3.8) is 0 Å². The Labute approximate surface area is 116 Å². The van der Waals surface area contributed by atoms with Crippen molar-refractivity contribution in [3.05, 3.63) is 11.8 Å². The van der Waals surface area contributed by atoms with Crippen LogP contribution in [0.3, 0.4) is 0 Å². The van der Waals surface area contributed by atoms with Gasteiger partial charge in [-0.25, -0.2) is 0 Å². The van der Waals surface area contributed by atoms with E-state index in [1.807, 2.05) is 19.9 Å². The lowest BCUT2D eigenvalue weighted by molar-refractivity contribution is -0.117. The molecule has 2 N–H and O–H groups in total. The van der Waals surface area contributed by atoms with Gasteiger partial charge in [0.25, 0.3) is 5.91 Å². The second-order valence-corrected chi connectivity index (χ2v) is 4.75. The van der Waals surface area contributed by atoms with Crippen LogP contribution in [0.5, 0.6) is 0 Å². The van der Waals surface area contributed by atoms with Crippen LogP contribution >= 0.6 is 0 Å². The van der Waals surface area contributed by atoms with E-state index in [1.165, 1.54) is 6.20 Å². The Hall–Kier alpha value is -1.54. The molecule has 0 rings (SSSR count). The van der Waals surface area contributed by atoms with Crippen LogP contribution < -0.4 is 10.6 Å². The monoisotopic (exact) mass is 266 g/mol. The molecule has 0 aliphatic heterocycles. The number of nitriles is 1. The molecule has 5 heteroatoms. The molecule has 0 aromatic heterocycles. The van der Waals surface area contributed by atoms with E-state index < -0.39 is 0 Å². The number of carbonyl (C=O) groups excluding carboxylic acids is 1. The third-order valence-corrected chi connectivity index (χ3v) is 2.75. The minimum Gasteiger partial charge on any atom is -0.388 e. The summed E-state index contributed by atoms with van der Waals surface area (Å²) >= 11 is 0. The minimum absolute atomic E-state index is 0.125. The van der Waals surface area contributed by atoms with Crippen molar-refractivity contribution in [3.8, 4) is 6.07 Å². The van der Waals surface area contributed by atoms with E-state index >= 15 is 0 Å². The molecular formula is C14H26N4O. The third kappa shape index (κ3) is 8.22. The summed E-state index contributed by atoms with van der Waals surface area (Å²) in [5.74, 6) is 0.0612. The smallest absolute Gasteiger partial charge is 0.263 e. The maximum Gasteiger partial charge on any atom is 0.263 e. The van der Waals surface area contributed by atoms with E-state index in [0.29, 0.717) is 12.5 Å². The first-order valence-corrected chi connectivity index (χ1v) is 6.89. The molecule has 0 saturated heterocycles. The summed E-state index contributed by atoms with van der Waals surface area (Å²) in [6.45, 7) is 12.5. The number of nitrogens with one attached hydrogen (secondary N) is 2. The standard InChI is InChI=1S/C14H26N4O/c1-5-18(6-2)8-7-16-11-13(9-15)14(19)17-10-12(3)4/h11-12,16H,5-8,10H2,1-4H3,(H,17,19)/b13-11-. The number of hydrogen-bond donors (Lipinski definition) is 2. The molecule has 5 nitrogen and oxygen atoms in total. The Morgan fingerprint density at radius 1 is 1.37 bits per heavy atom. The zero-order valence-electron chi connectivity index (χ0n) is 12.5. The normalized spacial score (nSPS) is 11.5. The summed E-state index contributed by atoms with van der Waals surface area (Å²) in [4.78, 5) is 13.9. The molecule has 0 bridgehead atoms. The highest BCUT2D eigenvalue weighted by molar-refractivity contribution is 5.97. The van der Waals surface area contributed by atoms with Crippen molar-refractivity contribution in [1.82, 2.24) is 15.5 Å². The first-order valence-electron chi connectivity index (χ1n) is 6.89. The summed E-state index contributed by atoms with van der Waals surface area (Å²) in [6, 6.07) is 1.91. The van der Waals surface area contributed by atoms with Gasteiger partial charge in [0, 0.05) is 25.8 Å². The molecule has 1 amide bonds. The highest BCUT2D eigenvalue weighted by atomic mass is 16.1. The van der Waals surface area contributed by atoms with Gasteiger partial charge < -0.3 is 15.5 Å². The van der Waals surface area contributed by atoms with E-state index in [0.717, 1.165) is 26.2 Å². The van der Waals surface area contributed by atoms with Gasteiger partial charge in [-0.2, -0.15) is 5.26 Å². The second-order valence-electron chi connectivity index (χ2n) is 4.75. The maximum absolute atomic E-state index is 11.7. The summed E-state index contributed by atoms with van der Waals surface area (Å²) < 4.78 is 0. The Kier molecular flexibility index (Phi) is 9.55. The first-order chi connectivity index (χ1) is 9.04. The Morgan fingerprint density at radius 2 is 2.00 bits per heavy atom. The topological polar surface area (TPSA) is 68.2 Å². The van der Waals surface area contributed by atoms with Crippen LogP contribution in [-0.4, -0.2) is 43.5 Å². The minimum atomic E-state index is -0.313. The summed E-state index contributed by atoms with van der Waals surface area (Å²) in [5, 5.41) is 14.7. The Balaban J connectivity index is 4.12. The quantitative estimate of drug-likeness (QED) is 0.372. The van der Waals surface area contributed by atoms with Crippen molar-refractivity contribution in [2.75, 3.05) is 32.7 Å².